The maximum atomic E-state index is 6.20. The van der Waals surface area contributed by atoms with Crippen molar-refractivity contribution in [3.8, 4) is 22.8 Å². The zero-order valence-electron chi connectivity index (χ0n) is 18.9. The van der Waals surface area contributed by atoms with Gasteiger partial charge in [-0.25, -0.2) is 4.98 Å². The van der Waals surface area contributed by atoms with E-state index in [2.05, 4.69) is 47.2 Å². The van der Waals surface area contributed by atoms with Gasteiger partial charge in [0.1, 0.15) is 11.5 Å². The number of rotatable bonds is 8. The number of hydrogen-bond acceptors (Lipinski definition) is 5. The van der Waals surface area contributed by atoms with E-state index in [4.69, 9.17) is 9.47 Å². The Kier molecular flexibility index (Phi) is 6.32. The first kappa shape index (κ1) is 21.7. The number of pyridine rings is 2. The minimum Gasteiger partial charge on any atom is -0.455 e. The van der Waals surface area contributed by atoms with Gasteiger partial charge in [0.05, 0.1) is 37.0 Å². The molecular formula is C26H27N4O2. The van der Waals surface area contributed by atoms with Gasteiger partial charge in [0, 0.05) is 36.5 Å². The predicted octanol–water partition coefficient (Wildman–Crippen LogP) is 5.27. The summed E-state index contributed by atoms with van der Waals surface area (Å²) >= 11 is 0. The van der Waals surface area contributed by atoms with Crippen LogP contribution in [-0.2, 0) is 23.8 Å². The molecule has 0 unspecified atom stereocenters. The van der Waals surface area contributed by atoms with E-state index in [0.29, 0.717) is 24.7 Å². The topological polar surface area (TPSA) is 62.1 Å². The highest BCUT2D eigenvalue weighted by atomic mass is 16.5. The normalized spacial score (nSPS) is 11.5. The summed E-state index contributed by atoms with van der Waals surface area (Å²) in [5.74, 6) is 1.39. The summed E-state index contributed by atoms with van der Waals surface area (Å²) in [6.45, 7) is 7.27. The van der Waals surface area contributed by atoms with E-state index >= 15 is 0 Å². The molecule has 1 radical (unpaired) electrons. The lowest BCUT2D eigenvalue weighted by molar-refractivity contribution is 0.0822. The monoisotopic (exact) mass is 427 g/mol. The first-order valence-corrected chi connectivity index (χ1v) is 10.6. The zero-order chi connectivity index (χ0) is 22.6. The largest absolute Gasteiger partial charge is 0.455 e. The van der Waals surface area contributed by atoms with E-state index in [1.165, 1.54) is 0 Å². The van der Waals surface area contributed by atoms with Gasteiger partial charge in [-0.2, -0.15) is 5.10 Å². The van der Waals surface area contributed by atoms with Crippen molar-refractivity contribution >= 4 is 0 Å². The molecule has 6 heteroatoms. The van der Waals surface area contributed by atoms with Crippen molar-refractivity contribution in [2.45, 2.75) is 32.8 Å². The second kappa shape index (κ2) is 9.32. The average Bonchev–Trinajstić information content (AvgIpc) is 3.22. The first-order chi connectivity index (χ1) is 15.4. The third-order valence-corrected chi connectivity index (χ3v) is 5.24. The number of aryl methyl sites for hydroxylation is 2. The molecular weight excluding hydrogens is 400 g/mol. The summed E-state index contributed by atoms with van der Waals surface area (Å²) in [7, 11) is 1.88. The third-order valence-electron chi connectivity index (χ3n) is 5.24. The molecule has 0 fully saturated rings. The first-order valence-electron chi connectivity index (χ1n) is 10.6. The molecule has 0 atom stereocenters. The standard InChI is InChI=1S/C26H27N4O2/c1-19-25(32-23-10-11-27-24(13-23)21-14-29-30(4)16-21)12-22(15-28-19)26(2,3)18-31-17-20-8-6-5-7-9-20/h5-14,16H,17-18H2,1-4H3. The van der Waals surface area contributed by atoms with Crippen LogP contribution in [0.4, 0.5) is 0 Å². The van der Waals surface area contributed by atoms with Crippen molar-refractivity contribution in [1.29, 1.82) is 0 Å². The van der Waals surface area contributed by atoms with Crippen molar-refractivity contribution in [3.63, 3.8) is 0 Å². The minimum atomic E-state index is -0.271. The second-order valence-corrected chi connectivity index (χ2v) is 8.48. The Hall–Kier alpha value is -3.51. The van der Waals surface area contributed by atoms with E-state index in [1.807, 2.05) is 56.6 Å². The lowest BCUT2D eigenvalue weighted by Crippen LogP contribution is -2.25. The maximum Gasteiger partial charge on any atom is 0.148 e. The van der Waals surface area contributed by atoms with Crippen LogP contribution in [0.25, 0.3) is 11.3 Å². The Morgan fingerprint density at radius 1 is 1.09 bits per heavy atom. The average molecular weight is 428 g/mol. The molecule has 163 valence electrons. The Morgan fingerprint density at radius 2 is 1.91 bits per heavy atom. The van der Waals surface area contributed by atoms with Gasteiger partial charge in [-0.1, -0.05) is 44.2 Å². The molecule has 0 aliphatic heterocycles. The second-order valence-electron chi connectivity index (χ2n) is 8.48. The predicted molar refractivity (Wildman–Crippen MR) is 123 cm³/mol. The zero-order valence-corrected chi connectivity index (χ0v) is 18.9. The van der Waals surface area contributed by atoms with E-state index in [-0.39, 0.29) is 5.41 Å². The van der Waals surface area contributed by atoms with Gasteiger partial charge in [0.25, 0.3) is 0 Å². The van der Waals surface area contributed by atoms with Gasteiger partial charge < -0.3 is 9.47 Å². The maximum absolute atomic E-state index is 6.20. The fourth-order valence-corrected chi connectivity index (χ4v) is 3.31. The van der Waals surface area contributed by atoms with Crippen molar-refractivity contribution < 1.29 is 9.47 Å². The molecule has 0 aliphatic rings. The van der Waals surface area contributed by atoms with Gasteiger partial charge in [0.2, 0.25) is 0 Å². The molecule has 0 N–H and O–H groups in total. The summed E-state index contributed by atoms with van der Waals surface area (Å²) in [6.07, 6.45) is 8.60. The molecule has 3 aromatic heterocycles. The van der Waals surface area contributed by atoms with Crippen molar-refractivity contribution in [2.75, 3.05) is 6.61 Å². The van der Waals surface area contributed by atoms with Crippen LogP contribution in [0.1, 0.15) is 30.7 Å². The molecule has 0 bridgehead atoms. The Bertz CT molecular complexity index is 1190. The number of hydrogen-bond donors (Lipinski definition) is 0. The van der Waals surface area contributed by atoms with Crippen LogP contribution >= 0.6 is 0 Å². The number of ether oxygens (including phenoxy) is 2. The molecule has 1 aromatic carbocycles. The van der Waals surface area contributed by atoms with Crippen LogP contribution in [0, 0.1) is 13.1 Å². The SMILES string of the molecule is Cc1n[c]c(C(C)(C)COCc2ccccc2)cc1Oc1ccnc(-c2cnn(C)c2)c1. The molecule has 32 heavy (non-hydrogen) atoms. The van der Waals surface area contributed by atoms with Crippen molar-refractivity contribution in [2.24, 2.45) is 7.05 Å². The third kappa shape index (κ3) is 5.21. The molecule has 0 amide bonds. The van der Waals surface area contributed by atoms with E-state index in [1.54, 1.807) is 17.1 Å². The minimum absolute atomic E-state index is 0.271. The van der Waals surface area contributed by atoms with Crippen LogP contribution in [0.2, 0.25) is 0 Å². The number of benzene rings is 1. The lowest BCUT2D eigenvalue weighted by atomic mass is 9.86. The number of aromatic nitrogens is 4. The fourth-order valence-electron chi connectivity index (χ4n) is 3.31. The van der Waals surface area contributed by atoms with Gasteiger partial charge in [0.15, 0.2) is 0 Å². The summed E-state index contributed by atoms with van der Waals surface area (Å²) < 4.78 is 13.9. The molecule has 4 rings (SSSR count). The van der Waals surface area contributed by atoms with Gasteiger partial charge in [-0.15, -0.1) is 0 Å². The molecule has 0 spiro atoms. The Labute approximate surface area is 188 Å². The van der Waals surface area contributed by atoms with E-state index in [0.717, 1.165) is 28.1 Å². The highest BCUT2D eigenvalue weighted by molar-refractivity contribution is 5.59. The number of nitrogens with zero attached hydrogens (tertiary/aromatic N) is 4. The molecule has 0 aliphatic carbocycles. The van der Waals surface area contributed by atoms with Crippen LogP contribution in [0.3, 0.4) is 0 Å². The Morgan fingerprint density at radius 3 is 2.66 bits per heavy atom. The van der Waals surface area contributed by atoms with Crippen molar-refractivity contribution in [1.82, 2.24) is 19.7 Å². The van der Waals surface area contributed by atoms with Crippen LogP contribution in [0.15, 0.2) is 67.1 Å². The summed E-state index contributed by atoms with van der Waals surface area (Å²) in [4.78, 5) is 8.89. The van der Waals surface area contributed by atoms with Gasteiger partial charge in [-0.05, 0) is 30.2 Å². The summed E-state index contributed by atoms with van der Waals surface area (Å²) in [5, 5.41) is 4.21. The molecule has 6 nitrogen and oxygen atoms in total. The van der Waals surface area contributed by atoms with Crippen LogP contribution in [0.5, 0.6) is 11.5 Å². The molecule has 0 saturated heterocycles. The van der Waals surface area contributed by atoms with Crippen LogP contribution in [-0.4, -0.2) is 26.4 Å². The quantitative estimate of drug-likeness (QED) is 0.383. The smallest absolute Gasteiger partial charge is 0.148 e. The summed E-state index contributed by atoms with van der Waals surface area (Å²) in [6, 6.07) is 15.9. The molecule has 4 aromatic rings. The van der Waals surface area contributed by atoms with Gasteiger partial charge in [-0.3, -0.25) is 9.67 Å². The summed E-state index contributed by atoms with van der Waals surface area (Å²) in [5.41, 5.74) is 4.33. The fraction of sp³-hybridized carbons (Fsp3) is 0.269. The highest BCUT2D eigenvalue weighted by Gasteiger charge is 2.23. The molecule has 0 saturated carbocycles. The van der Waals surface area contributed by atoms with Crippen molar-refractivity contribution in [3.05, 3.63) is 90.1 Å². The van der Waals surface area contributed by atoms with E-state index < -0.39 is 0 Å². The molecule has 3 heterocycles. The highest BCUT2D eigenvalue weighted by Crippen LogP contribution is 2.31. The van der Waals surface area contributed by atoms with Gasteiger partial charge >= 0.3 is 0 Å². The van der Waals surface area contributed by atoms with Crippen LogP contribution < -0.4 is 4.74 Å². The lowest BCUT2D eigenvalue weighted by Gasteiger charge is -2.25. The van der Waals surface area contributed by atoms with E-state index in [9.17, 15) is 0 Å². The Balaban J connectivity index is 1.48.